The number of carbonyl (C=O) groups excluding carboxylic acids is 2. The molecule has 1 saturated heterocycles. The highest BCUT2D eigenvalue weighted by atomic mass is 19.4. The number of halogens is 3. The summed E-state index contributed by atoms with van der Waals surface area (Å²) in [7, 11) is 1.54. The van der Waals surface area contributed by atoms with E-state index in [-0.39, 0.29) is 32.1 Å². The van der Waals surface area contributed by atoms with Crippen LogP contribution >= 0.6 is 0 Å². The minimum atomic E-state index is -4.88. The first-order valence-electron chi connectivity index (χ1n) is 7.28. The van der Waals surface area contributed by atoms with Crippen LogP contribution in [0.25, 0.3) is 6.08 Å². The molecule has 130 valence electrons. The molecule has 5 nitrogen and oxygen atoms in total. The Balaban J connectivity index is 1.91. The van der Waals surface area contributed by atoms with Gasteiger partial charge in [0.25, 0.3) is 0 Å². The maximum Gasteiger partial charge on any atom is 0.471 e. The second-order valence-corrected chi connectivity index (χ2v) is 5.23. The quantitative estimate of drug-likeness (QED) is 0.789. The molecule has 0 radical (unpaired) electrons. The van der Waals surface area contributed by atoms with Crippen LogP contribution in [0.5, 0.6) is 5.75 Å². The van der Waals surface area contributed by atoms with Crippen molar-refractivity contribution >= 4 is 17.9 Å². The van der Waals surface area contributed by atoms with Gasteiger partial charge in [0.05, 0.1) is 7.11 Å². The molecule has 0 aliphatic carbocycles. The number of nitrogens with zero attached hydrogens (tertiary/aromatic N) is 2. The number of rotatable bonds is 3. The summed E-state index contributed by atoms with van der Waals surface area (Å²) in [5.74, 6) is -1.51. The first-order chi connectivity index (χ1) is 11.3. The Hall–Kier alpha value is -2.51. The number of alkyl halides is 3. The van der Waals surface area contributed by atoms with E-state index in [0.717, 1.165) is 10.5 Å². The van der Waals surface area contributed by atoms with Gasteiger partial charge < -0.3 is 14.5 Å². The Morgan fingerprint density at radius 2 is 1.75 bits per heavy atom. The highest BCUT2D eigenvalue weighted by Gasteiger charge is 2.43. The van der Waals surface area contributed by atoms with E-state index < -0.39 is 12.1 Å². The third-order valence-electron chi connectivity index (χ3n) is 3.63. The standard InChI is InChI=1S/C16H17F3N2O3/c1-24-13-4-2-3-12(11-13)5-6-14(22)20-7-9-21(10-8-20)15(23)16(17,18)19/h2-6,11H,7-10H2,1H3/b6-5+. The monoisotopic (exact) mass is 342 g/mol. The molecule has 8 heteroatoms. The van der Waals surface area contributed by atoms with Crippen molar-refractivity contribution in [2.75, 3.05) is 33.3 Å². The fourth-order valence-electron chi connectivity index (χ4n) is 2.33. The molecule has 1 fully saturated rings. The van der Waals surface area contributed by atoms with E-state index >= 15 is 0 Å². The van der Waals surface area contributed by atoms with Gasteiger partial charge in [-0.25, -0.2) is 0 Å². The second kappa shape index (κ2) is 7.37. The van der Waals surface area contributed by atoms with Gasteiger partial charge in [0.15, 0.2) is 0 Å². The van der Waals surface area contributed by atoms with Crippen LogP contribution in [0, 0.1) is 0 Å². The van der Waals surface area contributed by atoms with Crippen LogP contribution in [0.1, 0.15) is 5.56 Å². The molecule has 2 rings (SSSR count). The smallest absolute Gasteiger partial charge is 0.471 e. The molecule has 1 aromatic rings. The molecule has 1 aliphatic rings. The summed E-state index contributed by atoms with van der Waals surface area (Å²) >= 11 is 0. The van der Waals surface area contributed by atoms with Crippen molar-refractivity contribution in [2.45, 2.75) is 6.18 Å². The number of benzene rings is 1. The maximum absolute atomic E-state index is 12.4. The van der Waals surface area contributed by atoms with E-state index in [4.69, 9.17) is 4.74 Å². The lowest BCUT2D eigenvalue weighted by Crippen LogP contribution is -2.53. The molecule has 0 aromatic heterocycles. The van der Waals surface area contributed by atoms with Crippen LogP contribution < -0.4 is 4.74 Å². The van der Waals surface area contributed by atoms with Crippen molar-refractivity contribution in [1.29, 1.82) is 0 Å². The molecule has 2 amide bonds. The number of hydrogen-bond donors (Lipinski definition) is 0. The minimum absolute atomic E-state index is 0.0725. The SMILES string of the molecule is COc1cccc(/C=C/C(=O)N2CCN(C(=O)C(F)(F)F)CC2)c1. The van der Waals surface area contributed by atoms with E-state index in [1.807, 2.05) is 0 Å². The first-order valence-corrected chi connectivity index (χ1v) is 7.28. The number of methoxy groups -OCH3 is 1. The normalized spacial score (nSPS) is 15.7. The summed E-state index contributed by atoms with van der Waals surface area (Å²) < 4.78 is 42.2. The zero-order chi connectivity index (χ0) is 17.7. The van der Waals surface area contributed by atoms with Gasteiger partial charge >= 0.3 is 12.1 Å². The van der Waals surface area contributed by atoms with Gasteiger partial charge in [0, 0.05) is 32.3 Å². The Morgan fingerprint density at radius 1 is 1.12 bits per heavy atom. The molecular formula is C16H17F3N2O3. The zero-order valence-electron chi connectivity index (χ0n) is 13.0. The molecule has 0 unspecified atom stereocenters. The maximum atomic E-state index is 12.4. The average molecular weight is 342 g/mol. The predicted molar refractivity (Wildman–Crippen MR) is 81.2 cm³/mol. The molecule has 0 N–H and O–H groups in total. The topological polar surface area (TPSA) is 49.9 Å². The van der Waals surface area contributed by atoms with E-state index in [1.54, 1.807) is 30.3 Å². The number of amides is 2. The summed E-state index contributed by atoms with van der Waals surface area (Å²) in [4.78, 5) is 25.4. The highest BCUT2D eigenvalue weighted by molar-refractivity contribution is 5.92. The molecule has 1 heterocycles. The Morgan fingerprint density at radius 3 is 2.33 bits per heavy atom. The lowest BCUT2D eigenvalue weighted by molar-refractivity contribution is -0.187. The molecule has 1 aliphatic heterocycles. The summed E-state index contributed by atoms with van der Waals surface area (Å²) in [5, 5.41) is 0. The van der Waals surface area contributed by atoms with Crippen LogP contribution in [-0.4, -0.2) is 61.1 Å². The lowest BCUT2D eigenvalue weighted by Gasteiger charge is -2.34. The number of hydrogen-bond acceptors (Lipinski definition) is 3. The molecule has 24 heavy (non-hydrogen) atoms. The number of piperazine rings is 1. The van der Waals surface area contributed by atoms with Crippen molar-refractivity contribution in [3.05, 3.63) is 35.9 Å². The Kier molecular flexibility index (Phi) is 5.48. The van der Waals surface area contributed by atoms with Gasteiger partial charge in [-0.3, -0.25) is 9.59 Å². The van der Waals surface area contributed by atoms with E-state index in [1.165, 1.54) is 18.1 Å². The van der Waals surface area contributed by atoms with Crippen molar-refractivity contribution in [3.63, 3.8) is 0 Å². The van der Waals surface area contributed by atoms with Gasteiger partial charge in [-0.15, -0.1) is 0 Å². The largest absolute Gasteiger partial charge is 0.497 e. The van der Waals surface area contributed by atoms with Crippen molar-refractivity contribution < 1.29 is 27.5 Å². The third-order valence-corrected chi connectivity index (χ3v) is 3.63. The van der Waals surface area contributed by atoms with Gasteiger partial charge in [-0.05, 0) is 23.8 Å². The average Bonchev–Trinajstić information content (AvgIpc) is 2.58. The van der Waals surface area contributed by atoms with Crippen LogP contribution in [0.15, 0.2) is 30.3 Å². The van der Waals surface area contributed by atoms with Crippen molar-refractivity contribution in [2.24, 2.45) is 0 Å². The van der Waals surface area contributed by atoms with Crippen molar-refractivity contribution in [1.82, 2.24) is 9.80 Å². The zero-order valence-corrected chi connectivity index (χ0v) is 13.0. The van der Waals surface area contributed by atoms with Gasteiger partial charge in [-0.1, -0.05) is 12.1 Å². The predicted octanol–water partition coefficient (Wildman–Crippen LogP) is 1.94. The summed E-state index contributed by atoms with van der Waals surface area (Å²) in [6, 6.07) is 7.11. The van der Waals surface area contributed by atoms with E-state index in [0.29, 0.717) is 5.75 Å². The number of ether oxygens (including phenoxy) is 1. The van der Waals surface area contributed by atoms with Gasteiger partial charge in [-0.2, -0.15) is 13.2 Å². The Bertz CT molecular complexity index is 636. The highest BCUT2D eigenvalue weighted by Crippen LogP contribution is 2.19. The second-order valence-electron chi connectivity index (χ2n) is 5.23. The molecule has 1 aromatic carbocycles. The molecule has 0 spiro atoms. The molecule has 0 bridgehead atoms. The van der Waals surface area contributed by atoms with E-state index in [2.05, 4.69) is 0 Å². The fraction of sp³-hybridized carbons (Fsp3) is 0.375. The summed E-state index contributed by atoms with van der Waals surface area (Å²) in [5.41, 5.74) is 0.772. The third kappa shape index (κ3) is 4.50. The minimum Gasteiger partial charge on any atom is -0.497 e. The van der Waals surface area contributed by atoms with E-state index in [9.17, 15) is 22.8 Å². The Labute approximate surface area is 137 Å². The summed E-state index contributed by atoms with van der Waals surface area (Å²) in [6.45, 7) is -0.111. The van der Waals surface area contributed by atoms with Crippen LogP contribution in [0.4, 0.5) is 13.2 Å². The lowest BCUT2D eigenvalue weighted by atomic mass is 10.2. The van der Waals surface area contributed by atoms with Gasteiger partial charge in [0.2, 0.25) is 5.91 Å². The summed E-state index contributed by atoms with van der Waals surface area (Å²) in [6.07, 6.45) is -1.91. The van der Waals surface area contributed by atoms with Crippen molar-refractivity contribution in [3.8, 4) is 5.75 Å². The van der Waals surface area contributed by atoms with Gasteiger partial charge in [0.1, 0.15) is 5.75 Å². The fourth-order valence-corrected chi connectivity index (χ4v) is 2.33. The molecule has 0 atom stereocenters. The van der Waals surface area contributed by atoms with Crippen LogP contribution in [-0.2, 0) is 9.59 Å². The molecular weight excluding hydrogens is 325 g/mol. The first kappa shape index (κ1) is 17.8. The van der Waals surface area contributed by atoms with Crippen LogP contribution in [0.2, 0.25) is 0 Å². The van der Waals surface area contributed by atoms with Crippen LogP contribution in [0.3, 0.4) is 0 Å². The molecule has 0 saturated carbocycles. The number of carbonyl (C=O) groups is 2.